The minimum absolute atomic E-state index is 0.0257. The van der Waals surface area contributed by atoms with E-state index in [1.54, 1.807) is 25.4 Å². The van der Waals surface area contributed by atoms with Crippen LogP contribution in [-0.4, -0.2) is 61.3 Å². The van der Waals surface area contributed by atoms with Crippen LogP contribution in [0.1, 0.15) is 12.0 Å². The number of benzene rings is 1. The fourth-order valence-electron chi connectivity index (χ4n) is 3.03. The molecule has 1 atom stereocenters. The molecular formula is C19H20ClN3O4S. The van der Waals surface area contributed by atoms with Gasteiger partial charge in [0.2, 0.25) is 11.8 Å². The summed E-state index contributed by atoms with van der Waals surface area (Å²) in [5.41, 5.74) is 1.41. The third-order valence-electron chi connectivity index (χ3n) is 4.67. The molecule has 2 heterocycles. The molecule has 0 bridgehead atoms. The van der Waals surface area contributed by atoms with Crippen LogP contribution in [0.15, 0.2) is 36.5 Å². The van der Waals surface area contributed by atoms with Gasteiger partial charge >= 0.3 is 0 Å². The van der Waals surface area contributed by atoms with Gasteiger partial charge in [-0.2, -0.15) is 0 Å². The lowest BCUT2D eigenvalue weighted by Gasteiger charge is -2.23. The molecule has 1 aliphatic heterocycles. The number of rotatable bonds is 5. The quantitative estimate of drug-likeness (QED) is 0.740. The number of pyridine rings is 1. The van der Waals surface area contributed by atoms with Crippen LogP contribution in [0.25, 0.3) is 17.0 Å². The van der Waals surface area contributed by atoms with Crippen molar-refractivity contribution >= 4 is 50.2 Å². The molecule has 0 spiro atoms. The topological polar surface area (TPSA) is 96.4 Å². The second-order valence-corrected chi connectivity index (χ2v) is 9.33. The van der Waals surface area contributed by atoms with Crippen molar-refractivity contribution in [1.29, 1.82) is 0 Å². The Balaban J connectivity index is 1.54. The molecule has 1 saturated heterocycles. The van der Waals surface area contributed by atoms with E-state index in [0.717, 1.165) is 10.9 Å². The smallest absolute Gasteiger partial charge is 0.244 e. The first-order chi connectivity index (χ1) is 13.2. The average Bonchev–Trinajstić information content (AvgIpc) is 3.03. The highest BCUT2D eigenvalue weighted by atomic mass is 35.5. The van der Waals surface area contributed by atoms with Gasteiger partial charge in [0.15, 0.2) is 9.84 Å². The Hall–Kier alpha value is -2.45. The molecule has 2 amide bonds. The molecule has 1 N–H and O–H groups in total. The number of nitrogens with zero attached hydrogens (tertiary/aromatic N) is 2. The van der Waals surface area contributed by atoms with Crippen LogP contribution in [0.2, 0.25) is 5.02 Å². The maximum absolute atomic E-state index is 12.2. The predicted molar refractivity (Wildman–Crippen MR) is 109 cm³/mol. The monoisotopic (exact) mass is 421 g/mol. The molecule has 1 unspecified atom stereocenters. The standard InChI is InChI=1S/C19H20ClN3O4S/c1-23(15-7-8-28(26,27)12-15)18(25)11-21-17(24)6-5-13-9-14-3-2-4-16(20)19(14)22-10-13/h2-6,9-10,15H,7-8,11-12H2,1H3,(H,21,24)/b6-5+. The number of hydrogen-bond donors (Lipinski definition) is 1. The van der Waals surface area contributed by atoms with Crippen molar-refractivity contribution in [3.63, 3.8) is 0 Å². The third kappa shape index (κ3) is 4.88. The number of likely N-dealkylation sites (N-methyl/N-ethyl adjacent to an activating group) is 1. The number of nitrogens with one attached hydrogen (secondary N) is 1. The molecule has 3 rings (SSSR count). The maximum atomic E-state index is 12.2. The SMILES string of the molecule is CN(C(=O)CNC(=O)/C=C/c1cnc2c(Cl)cccc2c1)C1CCS(=O)(=O)C1. The minimum Gasteiger partial charge on any atom is -0.343 e. The molecule has 28 heavy (non-hydrogen) atoms. The van der Waals surface area contributed by atoms with Gasteiger partial charge in [-0.25, -0.2) is 8.42 Å². The van der Waals surface area contributed by atoms with Crippen LogP contribution in [-0.2, 0) is 19.4 Å². The highest BCUT2D eigenvalue weighted by Gasteiger charge is 2.32. The van der Waals surface area contributed by atoms with E-state index in [1.807, 2.05) is 18.2 Å². The van der Waals surface area contributed by atoms with Gasteiger partial charge in [-0.1, -0.05) is 23.7 Å². The summed E-state index contributed by atoms with van der Waals surface area (Å²) in [6, 6.07) is 6.99. The Morgan fingerprint density at radius 2 is 2.18 bits per heavy atom. The Kier molecular flexibility index (Phi) is 6.00. The van der Waals surface area contributed by atoms with Crippen molar-refractivity contribution in [3.8, 4) is 0 Å². The molecule has 0 saturated carbocycles. The van der Waals surface area contributed by atoms with Crippen LogP contribution in [0.5, 0.6) is 0 Å². The molecular weight excluding hydrogens is 402 g/mol. The number of aromatic nitrogens is 1. The van der Waals surface area contributed by atoms with Crippen molar-refractivity contribution in [2.75, 3.05) is 25.1 Å². The first-order valence-corrected chi connectivity index (χ1v) is 10.9. The Labute approximate surface area is 168 Å². The van der Waals surface area contributed by atoms with E-state index in [0.29, 0.717) is 17.0 Å². The van der Waals surface area contributed by atoms with Crippen molar-refractivity contribution in [2.24, 2.45) is 0 Å². The zero-order valence-corrected chi connectivity index (χ0v) is 16.8. The van der Waals surface area contributed by atoms with E-state index in [9.17, 15) is 18.0 Å². The van der Waals surface area contributed by atoms with Crippen molar-refractivity contribution in [3.05, 3.63) is 47.1 Å². The van der Waals surface area contributed by atoms with E-state index in [-0.39, 0.29) is 30.0 Å². The van der Waals surface area contributed by atoms with Gasteiger partial charge in [0, 0.05) is 30.7 Å². The van der Waals surface area contributed by atoms with Gasteiger partial charge in [-0.05, 0) is 30.2 Å². The first-order valence-electron chi connectivity index (χ1n) is 8.71. The summed E-state index contributed by atoms with van der Waals surface area (Å²) < 4.78 is 23.1. The van der Waals surface area contributed by atoms with Crippen LogP contribution in [0.3, 0.4) is 0 Å². The average molecular weight is 422 g/mol. The highest BCUT2D eigenvalue weighted by Crippen LogP contribution is 2.22. The van der Waals surface area contributed by atoms with Gasteiger partial charge in [-0.15, -0.1) is 0 Å². The van der Waals surface area contributed by atoms with E-state index < -0.39 is 15.7 Å². The van der Waals surface area contributed by atoms with Gasteiger partial charge in [0.25, 0.3) is 0 Å². The van der Waals surface area contributed by atoms with Crippen molar-refractivity contribution < 1.29 is 18.0 Å². The number of carbonyl (C=O) groups is 2. The fourth-order valence-corrected chi connectivity index (χ4v) is 5.04. The lowest BCUT2D eigenvalue weighted by atomic mass is 10.1. The summed E-state index contributed by atoms with van der Waals surface area (Å²) in [4.78, 5) is 29.8. The number of sulfone groups is 1. The van der Waals surface area contributed by atoms with E-state index in [1.165, 1.54) is 11.0 Å². The maximum Gasteiger partial charge on any atom is 0.244 e. The van der Waals surface area contributed by atoms with E-state index >= 15 is 0 Å². The number of fused-ring (bicyclic) bond motifs is 1. The zero-order valence-electron chi connectivity index (χ0n) is 15.3. The molecule has 148 valence electrons. The van der Waals surface area contributed by atoms with Crippen molar-refractivity contribution in [2.45, 2.75) is 12.5 Å². The molecule has 0 radical (unpaired) electrons. The summed E-state index contributed by atoms with van der Waals surface area (Å²) >= 11 is 6.08. The second kappa shape index (κ2) is 8.28. The largest absolute Gasteiger partial charge is 0.343 e. The summed E-state index contributed by atoms with van der Waals surface area (Å²) in [7, 11) is -1.51. The van der Waals surface area contributed by atoms with Crippen LogP contribution in [0, 0.1) is 0 Å². The Morgan fingerprint density at radius 3 is 2.89 bits per heavy atom. The molecule has 7 nitrogen and oxygen atoms in total. The first kappa shape index (κ1) is 20.3. The van der Waals surface area contributed by atoms with E-state index in [2.05, 4.69) is 10.3 Å². The lowest BCUT2D eigenvalue weighted by molar-refractivity contribution is -0.132. The van der Waals surface area contributed by atoms with Crippen LogP contribution < -0.4 is 5.32 Å². The molecule has 1 aliphatic rings. The molecule has 9 heteroatoms. The summed E-state index contributed by atoms with van der Waals surface area (Å²) in [6.07, 6.45) is 4.95. The van der Waals surface area contributed by atoms with Crippen LogP contribution >= 0.6 is 11.6 Å². The molecule has 1 fully saturated rings. The normalized spacial score (nSPS) is 18.4. The molecule has 0 aliphatic carbocycles. The molecule has 2 aromatic rings. The number of halogens is 1. The minimum atomic E-state index is -3.07. The number of amides is 2. The fraction of sp³-hybridized carbons (Fsp3) is 0.316. The number of para-hydroxylation sites is 1. The Bertz CT molecular complexity index is 1050. The van der Waals surface area contributed by atoms with Crippen molar-refractivity contribution in [1.82, 2.24) is 15.2 Å². The highest BCUT2D eigenvalue weighted by molar-refractivity contribution is 7.91. The predicted octanol–water partition coefficient (Wildman–Crippen LogP) is 1.66. The summed E-state index contributed by atoms with van der Waals surface area (Å²) in [6.45, 7) is -0.193. The van der Waals surface area contributed by atoms with Gasteiger partial charge in [0.1, 0.15) is 0 Å². The summed E-state index contributed by atoms with van der Waals surface area (Å²) in [5.74, 6) is -0.685. The van der Waals surface area contributed by atoms with Gasteiger partial charge in [0.05, 0.1) is 28.6 Å². The second-order valence-electron chi connectivity index (χ2n) is 6.69. The number of carbonyl (C=O) groups excluding carboxylic acids is 2. The zero-order chi connectivity index (χ0) is 20.3. The van der Waals surface area contributed by atoms with Gasteiger partial charge < -0.3 is 10.2 Å². The Morgan fingerprint density at radius 1 is 1.39 bits per heavy atom. The van der Waals surface area contributed by atoms with Crippen LogP contribution in [0.4, 0.5) is 0 Å². The summed E-state index contributed by atoms with van der Waals surface area (Å²) in [5, 5.41) is 3.93. The van der Waals surface area contributed by atoms with E-state index in [4.69, 9.17) is 11.6 Å². The van der Waals surface area contributed by atoms with Gasteiger partial charge in [-0.3, -0.25) is 14.6 Å². The molecule has 1 aromatic heterocycles. The third-order valence-corrected chi connectivity index (χ3v) is 6.73. The molecule has 1 aromatic carbocycles. The number of hydrogen-bond acceptors (Lipinski definition) is 5. The lowest BCUT2D eigenvalue weighted by Crippen LogP contribution is -2.43.